The van der Waals surface area contributed by atoms with E-state index in [1.54, 1.807) is 12.4 Å². The number of nitrogens with one attached hydrogen (secondary N) is 3. The first-order valence-electron chi connectivity index (χ1n) is 17.1. The zero-order valence-corrected chi connectivity index (χ0v) is 32.2. The normalized spacial score (nSPS) is 14.8. The summed E-state index contributed by atoms with van der Waals surface area (Å²) < 4.78 is 5.29. The summed E-state index contributed by atoms with van der Waals surface area (Å²) >= 11 is 12.8. The molecule has 13 heteroatoms. The molecule has 52 heavy (non-hydrogen) atoms. The van der Waals surface area contributed by atoms with E-state index in [-0.39, 0.29) is 48.1 Å². The van der Waals surface area contributed by atoms with Gasteiger partial charge < -0.3 is 26.4 Å². The summed E-state index contributed by atoms with van der Waals surface area (Å²) in [6.45, 7) is 9.20. The van der Waals surface area contributed by atoms with Crippen LogP contribution in [0.4, 0.5) is 16.4 Å². The molecule has 2 aromatic carbocycles. The number of carbonyl (C=O) groups excluding carboxylic acids is 3. The lowest BCUT2D eigenvalue weighted by molar-refractivity contribution is -0.118. The lowest BCUT2D eigenvalue weighted by Crippen LogP contribution is -2.34. The number of nitrogens with two attached hydrogens (primary N) is 1. The number of rotatable bonds is 9. The molecule has 0 spiro atoms. The van der Waals surface area contributed by atoms with Crippen molar-refractivity contribution in [3.05, 3.63) is 94.2 Å². The van der Waals surface area contributed by atoms with E-state index in [0.29, 0.717) is 21.7 Å². The SMILES string of the molecule is C[C@@H](N)c1ccc(-c2ccnc(NC(=O)C3CC3)c2)cc1Cl.C[C@@H](NC(=O)OC(C)(C)C)c1ccc(-c2ccnc(NC(=O)C3CC3)c2)cc1Cl.Cl. The van der Waals surface area contributed by atoms with Gasteiger partial charge in [-0.1, -0.05) is 47.5 Å². The predicted molar refractivity (Wildman–Crippen MR) is 210 cm³/mol. The second kappa shape index (κ2) is 17.5. The van der Waals surface area contributed by atoms with Gasteiger partial charge in [0, 0.05) is 40.3 Å². The lowest BCUT2D eigenvalue weighted by atomic mass is 10.0. The van der Waals surface area contributed by atoms with E-state index in [1.807, 2.05) is 95.3 Å². The number of alkyl carbamates (subject to hydrolysis) is 1. The Bertz CT molecular complexity index is 1910. The van der Waals surface area contributed by atoms with E-state index in [4.69, 9.17) is 33.7 Å². The Labute approximate surface area is 321 Å². The first-order chi connectivity index (χ1) is 24.2. The van der Waals surface area contributed by atoms with Crippen LogP contribution >= 0.6 is 35.6 Å². The summed E-state index contributed by atoms with van der Waals surface area (Å²) in [4.78, 5) is 44.2. The average molecular weight is 768 g/mol. The number of benzene rings is 2. The Kier molecular flexibility index (Phi) is 13.7. The molecule has 2 aromatic heterocycles. The van der Waals surface area contributed by atoms with Gasteiger partial charge in [0.25, 0.3) is 0 Å². The van der Waals surface area contributed by atoms with Crippen molar-refractivity contribution in [1.82, 2.24) is 15.3 Å². The van der Waals surface area contributed by atoms with Crippen molar-refractivity contribution in [3.8, 4) is 22.3 Å². The molecule has 0 saturated heterocycles. The van der Waals surface area contributed by atoms with Crippen LogP contribution in [0.25, 0.3) is 22.3 Å². The maximum Gasteiger partial charge on any atom is 0.408 e. The topological polar surface area (TPSA) is 148 Å². The molecule has 2 saturated carbocycles. The third-order valence-electron chi connectivity index (χ3n) is 8.28. The molecule has 2 heterocycles. The zero-order chi connectivity index (χ0) is 36.9. The molecular weight excluding hydrogens is 723 g/mol. The van der Waals surface area contributed by atoms with Crippen molar-refractivity contribution >= 4 is 65.2 Å². The molecule has 2 aliphatic carbocycles. The first kappa shape index (κ1) is 40.5. The highest BCUT2D eigenvalue weighted by Crippen LogP contribution is 2.33. The van der Waals surface area contributed by atoms with Gasteiger partial charge in [-0.15, -0.1) is 12.4 Å². The summed E-state index contributed by atoms with van der Waals surface area (Å²) in [6.07, 6.45) is 6.68. The van der Waals surface area contributed by atoms with E-state index >= 15 is 0 Å². The average Bonchev–Trinajstić information content (AvgIpc) is 3.98. The second-order valence-electron chi connectivity index (χ2n) is 14.0. The molecule has 4 aromatic rings. The van der Waals surface area contributed by atoms with Gasteiger partial charge in [-0.25, -0.2) is 14.8 Å². The fourth-order valence-electron chi connectivity index (χ4n) is 5.20. The molecule has 0 bridgehead atoms. The summed E-state index contributed by atoms with van der Waals surface area (Å²) in [5.74, 6) is 1.44. The third-order valence-corrected chi connectivity index (χ3v) is 8.93. The number of hydrogen-bond acceptors (Lipinski definition) is 7. The predicted octanol–water partition coefficient (Wildman–Crippen LogP) is 9.53. The van der Waals surface area contributed by atoms with Crippen LogP contribution in [0, 0.1) is 11.8 Å². The minimum absolute atomic E-state index is 0. The second-order valence-corrected chi connectivity index (χ2v) is 14.8. The van der Waals surface area contributed by atoms with Crippen LogP contribution in [0.2, 0.25) is 10.0 Å². The molecule has 0 radical (unpaired) electrons. The molecule has 276 valence electrons. The quantitative estimate of drug-likeness (QED) is 0.133. The molecule has 10 nitrogen and oxygen atoms in total. The molecule has 0 aliphatic heterocycles. The van der Waals surface area contributed by atoms with E-state index in [0.717, 1.165) is 59.1 Å². The van der Waals surface area contributed by atoms with Gasteiger partial charge in [0.1, 0.15) is 17.2 Å². The molecule has 3 amide bonds. The summed E-state index contributed by atoms with van der Waals surface area (Å²) in [7, 11) is 0. The van der Waals surface area contributed by atoms with Gasteiger partial charge in [-0.2, -0.15) is 0 Å². The molecule has 6 rings (SSSR count). The Morgan fingerprint density at radius 2 is 1.15 bits per heavy atom. The Hall–Kier alpha value is -4.22. The van der Waals surface area contributed by atoms with E-state index in [1.165, 1.54) is 0 Å². The van der Waals surface area contributed by atoms with Crippen LogP contribution in [0.3, 0.4) is 0 Å². The maximum atomic E-state index is 12.0. The van der Waals surface area contributed by atoms with Crippen LogP contribution in [0.15, 0.2) is 73.1 Å². The molecule has 5 N–H and O–H groups in total. The third kappa shape index (κ3) is 11.6. The first-order valence-corrected chi connectivity index (χ1v) is 17.8. The minimum atomic E-state index is -0.564. The zero-order valence-electron chi connectivity index (χ0n) is 29.8. The largest absolute Gasteiger partial charge is 0.444 e. The molecular formula is C39H45Cl3N6O4. The van der Waals surface area contributed by atoms with Crippen molar-refractivity contribution in [1.29, 1.82) is 0 Å². The van der Waals surface area contributed by atoms with Crippen LogP contribution < -0.4 is 21.7 Å². The molecule has 2 atom stereocenters. The van der Waals surface area contributed by atoms with Gasteiger partial charge in [0.15, 0.2) is 0 Å². The highest BCUT2D eigenvalue weighted by atomic mass is 35.5. The molecule has 0 unspecified atom stereocenters. The summed E-state index contributed by atoms with van der Waals surface area (Å²) in [5, 5.41) is 9.69. The fraction of sp³-hybridized carbons (Fsp3) is 0.359. The van der Waals surface area contributed by atoms with Gasteiger partial charge in [0.2, 0.25) is 11.8 Å². The van der Waals surface area contributed by atoms with Crippen LogP contribution in [0.1, 0.15) is 83.5 Å². The molecule has 2 fully saturated rings. The number of anilines is 2. The number of ether oxygens (including phenoxy) is 1. The van der Waals surface area contributed by atoms with Gasteiger partial charge in [-0.05, 0) is 130 Å². The van der Waals surface area contributed by atoms with Crippen LogP contribution in [0.5, 0.6) is 0 Å². The van der Waals surface area contributed by atoms with E-state index in [9.17, 15) is 14.4 Å². The standard InChI is InChI=1S/C22H26ClN3O3.C17H18ClN3O.ClH/c1-13(25-21(28)29-22(2,3)4)17-8-7-15(11-18(17)23)16-9-10-24-19(12-16)26-20(27)14-5-6-14;1-10(19)14-5-4-12(8-15(14)18)13-6-7-20-16(9-13)21-17(22)11-2-3-11;/h7-14H,5-6H2,1-4H3,(H,25,28)(H,24,26,27);4-11H,2-3,19H2,1H3,(H,20,21,22);1H/t13-;10-;/m11./s1. The maximum absolute atomic E-state index is 12.0. The van der Waals surface area contributed by atoms with Gasteiger partial charge in [0.05, 0.1) is 6.04 Å². The minimum Gasteiger partial charge on any atom is -0.444 e. The number of nitrogens with zero attached hydrogens (tertiary/aromatic N) is 2. The van der Waals surface area contributed by atoms with Crippen molar-refractivity contribution in [2.75, 3.05) is 10.6 Å². The van der Waals surface area contributed by atoms with Gasteiger partial charge >= 0.3 is 6.09 Å². The molecule has 2 aliphatic rings. The number of aromatic nitrogens is 2. The monoisotopic (exact) mass is 766 g/mol. The number of halogens is 3. The highest BCUT2D eigenvalue weighted by molar-refractivity contribution is 6.32. The summed E-state index contributed by atoms with van der Waals surface area (Å²) in [6, 6.07) is 18.5. The summed E-state index contributed by atoms with van der Waals surface area (Å²) in [5.41, 5.74) is 10.7. The Balaban J connectivity index is 0.000000236. The van der Waals surface area contributed by atoms with E-state index < -0.39 is 11.7 Å². The number of hydrogen-bond donors (Lipinski definition) is 4. The van der Waals surface area contributed by atoms with Crippen molar-refractivity contribution in [3.63, 3.8) is 0 Å². The van der Waals surface area contributed by atoms with Crippen LogP contribution in [-0.2, 0) is 14.3 Å². The number of amides is 3. The van der Waals surface area contributed by atoms with Crippen molar-refractivity contribution in [2.24, 2.45) is 17.6 Å². The smallest absolute Gasteiger partial charge is 0.408 e. The highest BCUT2D eigenvalue weighted by Gasteiger charge is 2.30. The van der Waals surface area contributed by atoms with Crippen molar-refractivity contribution in [2.45, 2.75) is 78.0 Å². The van der Waals surface area contributed by atoms with Crippen molar-refractivity contribution < 1.29 is 19.1 Å². The number of pyridine rings is 2. The Morgan fingerprint density at radius 1 is 0.731 bits per heavy atom. The van der Waals surface area contributed by atoms with E-state index in [2.05, 4.69) is 25.9 Å². The Morgan fingerprint density at radius 3 is 1.54 bits per heavy atom. The lowest BCUT2D eigenvalue weighted by Gasteiger charge is -2.22. The van der Waals surface area contributed by atoms with Crippen LogP contribution in [-0.4, -0.2) is 33.5 Å². The van der Waals surface area contributed by atoms with Gasteiger partial charge in [-0.3, -0.25) is 9.59 Å². The fourth-order valence-corrected chi connectivity index (χ4v) is 5.90. The number of carbonyl (C=O) groups is 3.